The van der Waals surface area contributed by atoms with E-state index in [-0.39, 0.29) is 24.3 Å². The molecule has 1 fully saturated rings. The summed E-state index contributed by atoms with van der Waals surface area (Å²) < 4.78 is 10.5. The Morgan fingerprint density at radius 1 is 1.19 bits per heavy atom. The molecule has 0 bridgehead atoms. The number of nitrogens with one attached hydrogen (secondary N) is 1. The van der Waals surface area contributed by atoms with E-state index in [2.05, 4.69) is 21.4 Å². The maximum Gasteiger partial charge on any atom is 0.319 e. The minimum absolute atomic E-state index is 0.0339. The molecule has 1 atom stereocenters. The maximum atomic E-state index is 12.9. The Hall–Kier alpha value is -3.43. The number of methoxy groups -OCH3 is 2. The number of carbonyl (C=O) groups is 2. The van der Waals surface area contributed by atoms with Crippen molar-refractivity contribution in [3.05, 3.63) is 35.2 Å². The molecule has 36 heavy (non-hydrogen) atoms. The number of amides is 1. The second-order valence-corrected chi connectivity index (χ2v) is 9.52. The van der Waals surface area contributed by atoms with Crippen LogP contribution in [0.5, 0.6) is 11.9 Å². The summed E-state index contributed by atoms with van der Waals surface area (Å²) in [5.74, 6) is 0.594. The summed E-state index contributed by atoms with van der Waals surface area (Å²) in [4.78, 5) is 39.5. The lowest BCUT2D eigenvalue weighted by molar-refractivity contribution is -0.137. The third-order valence-corrected chi connectivity index (χ3v) is 7.13. The summed E-state index contributed by atoms with van der Waals surface area (Å²) in [6.07, 6.45) is 7.16. The Balaban J connectivity index is 1.31. The smallest absolute Gasteiger partial charge is 0.319 e. The molecule has 0 spiro atoms. The van der Waals surface area contributed by atoms with Crippen molar-refractivity contribution in [1.82, 2.24) is 19.9 Å². The number of anilines is 1. The van der Waals surface area contributed by atoms with E-state index in [1.165, 1.54) is 19.8 Å². The highest BCUT2D eigenvalue weighted by Gasteiger charge is 2.29. The van der Waals surface area contributed by atoms with E-state index < -0.39 is 5.97 Å². The highest BCUT2D eigenvalue weighted by molar-refractivity contribution is 5.76. The minimum atomic E-state index is -0.878. The van der Waals surface area contributed by atoms with Crippen LogP contribution in [0, 0.1) is 5.92 Å². The van der Waals surface area contributed by atoms with Gasteiger partial charge in [-0.15, -0.1) is 0 Å². The van der Waals surface area contributed by atoms with Crippen molar-refractivity contribution < 1.29 is 24.2 Å². The van der Waals surface area contributed by atoms with Gasteiger partial charge in [-0.05, 0) is 56.1 Å². The number of nitrogens with zero attached hydrogens (tertiary/aromatic N) is 4. The molecule has 0 aliphatic carbocycles. The number of fused-ring (bicyclic) bond motifs is 1. The van der Waals surface area contributed by atoms with E-state index in [0.717, 1.165) is 43.7 Å². The fraction of sp³-hybridized carbons (Fsp3) is 0.577. The van der Waals surface area contributed by atoms with Crippen molar-refractivity contribution in [3.8, 4) is 11.9 Å². The van der Waals surface area contributed by atoms with Crippen LogP contribution in [0.15, 0.2) is 18.3 Å². The number of aromatic nitrogens is 3. The second-order valence-electron chi connectivity index (χ2n) is 9.52. The summed E-state index contributed by atoms with van der Waals surface area (Å²) in [6, 6.07) is 4.33. The topological polar surface area (TPSA) is 127 Å². The third kappa shape index (κ3) is 6.41. The number of rotatable bonds is 10. The SMILES string of the molecule is COc1ncc(C(CC(=O)O)CC2CCN(C(=O)CCc3ccc4c(n3)NCCC4)CC2)c(OC)n1. The summed E-state index contributed by atoms with van der Waals surface area (Å²) in [5.41, 5.74) is 2.86. The maximum absolute atomic E-state index is 12.9. The molecule has 4 rings (SSSR count). The first-order valence-electron chi connectivity index (χ1n) is 12.6. The molecule has 2 aromatic heterocycles. The van der Waals surface area contributed by atoms with Crippen LogP contribution in [-0.2, 0) is 22.4 Å². The molecule has 2 aliphatic rings. The van der Waals surface area contributed by atoms with Crippen LogP contribution in [-0.4, -0.2) is 70.7 Å². The van der Waals surface area contributed by atoms with E-state index in [4.69, 9.17) is 14.5 Å². The number of carbonyl (C=O) groups excluding carboxylic acids is 1. The Morgan fingerprint density at radius 2 is 2.00 bits per heavy atom. The Labute approximate surface area is 211 Å². The number of aryl methyl sites for hydroxylation is 2. The molecular formula is C26H35N5O5. The van der Waals surface area contributed by atoms with Gasteiger partial charge in [-0.25, -0.2) is 9.97 Å². The largest absolute Gasteiger partial charge is 0.481 e. The first-order valence-corrected chi connectivity index (χ1v) is 12.6. The molecule has 0 saturated carbocycles. The van der Waals surface area contributed by atoms with Crippen LogP contribution in [0.3, 0.4) is 0 Å². The Bertz CT molecular complexity index is 1070. The summed E-state index contributed by atoms with van der Waals surface area (Å²) in [7, 11) is 2.97. The molecule has 0 aromatic carbocycles. The molecule has 1 saturated heterocycles. The molecule has 2 aromatic rings. The lowest BCUT2D eigenvalue weighted by atomic mass is 9.83. The summed E-state index contributed by atoms with van der Waals surface area (Å²) >= 11 is 0. The van der Waals surface area contributed by atoms with Gasteiger partial charge in [-0.2, -0.15) is 4.98 Å². The molecule has 10 nitrogen and oxygen atoms in total. The Morgan fingerprint density at radius 3 is 2.72 bits per heavy atom. The molecule has 2 aliphatic heterocycles. The number of ether oxygens (including phenoxy) is 2. The molecular weight excluding hydrogens is 462 g/mol. The lowest BCUT2D eigenvalue weighted by Crippen LogP contribution is -2.39. The van der Waals surface area contributed by atoms with Crippen LogP contribution in [0.2, 0.25) is 0 Å². The van der Waals surface area contributed by atoms with Crippen molar-refractivity contribution in [2.24, 2.45) is 5.92 Å². The van der Waals surface area contributed by atoms with Gasteiger partial charge in [0.2, 0.25) is 11.8 Å². The fourth-order valence-corrected chi connectivity index (χ4v) is 5.15. The molecule has 10 heteroatoms. The zero-order valence-electron chi connectivity index (χ0n) is 21.0. The van der Waals surface area contributed by atoms with Gasteiger partial charge in [0.05, 0.1) is 20.6 Å². The third-order valence-electron chi connectivity index (χ3n) is 7.13. The van der Waals surface area contributed by atoms with Crippen molar-refractivity contribution in [3.63, 3.8) is 0 Å². The minimum Gasteiger partial charge on any atom is -0.481 e. The summed E-state index contributed by atoms with van der Waals surface area (Å²) in [5, 5.41) is 12.8. The van der Waals surface area contributed by atoms with Crippen molar-refractivity contribution in [1.29, 1.82) is 0 Å². The molecule has 0 radical (unpaired) electrons. The number of hydrogen-bond donors (Lipinski definition) is 2. The van der Waals surface area contributed by atoms with Crippen LogP contribution < -0.4 is 14.8 Å². The predicted octanol–water partition coefficient (Wildman–Crippen LogP) is 3.07. The zero-order chi connectivity index (χ0) is 25.5. The Kier molecular flexibility index (Phi) is 8.56. The standard InChI is InChI=1S/C26H35N5O5/c1-35-25-21(16-28-26(30-25)36-2)19(15-23(33)34)14-17-9-12-31(13-10-17)22(32)8-7-20-6-5-18-4-3-11-27-24(18)29-20/h5-6,16-17,19H,3-4,7-15H2,1-2H3,(H,27,29)(H,33,34). The highest BCUT2D eigenvalue weighted by Crippen LogP contribution is 2.36. The first kappa shape index (κ1) is 25.7. The van der Waals surface area contributed by atoms with Gasteiger partial charge < -0.3 is 24.8 Å². The van der Waals surface area contributed by atoms with Gasteiger partial charge >= 0.3 is 12.0 Å². The fourth-order valence-electron chi connectivity index (χ4n) is 5.15. The molecule has 1 unspecified atom stereocenters. The van der Waals surface area contributed by atoms with Gasteiger partial charge in [-0.1, -0.05) is 6.07 Å². The molecule has 2 N–H and O–H groups in total. The summed E-state index contributed by atoms with van der Waals surface area (Å²) in [6.45, 7) is 2.31. The number of hydrogen-bond acceptors (Lipinski definition) is 8. The number of likely N-dealkylation sites (tertiary alicyclic amines) is 1. The van der Waals surface area contributed by atoms with Crippen molar-refractivity contribution >= 4 is 17.7 Å². The lowest BCUT2D eigenvalue weighted by Gasteiger charge is -2.33. The average Bonchev–Trinajstić information content (AvgIpc) is 2.91. The number of carboxylic acids is 1. The van der Waals surface area contributed by atoms with E-state index in [0.29, 0.717) is 49.7 Å². The number of carboxylic acid groups (broad SMARTS) is 1. The van der Waals surface area contributed by atoms with Gasteiger partial charge in [-0.3, -0.25) is 9.59 Å². The van der Waals surface area contributed by atoms with Crippen LogP contribution in [0.1, 0.15) is 61.3 Å². The van der Waals surface area contributed by atoms with Gasteiger partial charge in [0, 0.05) is 49.4 Å². The van der Waals surface area contributed by atoms with Crippen molar-refractivity contribution in [2.75, 3.05) is 39.2 Å². The van der Waals surface area contributed by atoms with Crippen LogP contribution in [0.4, 0.5) is 5.82 Å². The van der Waals surface area contributed by atoms with Gasteiger partial charge in [0.1, 0.15) is 5.82 Å². The van der Waals surface area contributed by atoms with Gasteiger partial charge in [0.25, 0.3) is 0 Å². The van der Waals surface area contributed by atoms with Gasteiger partial charge in [0.15, 0.2) is 0 Å². The number of piperidine rings is 1. The molecule has 194 valence electrons. The molecule has 1 amide bonds. The monoisotopic (exact) mass is 497 g/mol. The normalized spacial score (nSPS) is 16.6. The highest BCUT2D eigenvalue weighted by atomic mass is 16.5. The first-order chi connectivity index (χ1) is 17.5. The van der Waals surface area contributed by atoms with E-state index in [1.54, 1.807) is 6.20 Å². The number of aliphatic carboxylic acids is 1. The predicted molar refractivity (Wildman–Crippen MR) is 133 cm³/mol. The molecule has 4 heterocycles. The van der Waals surface area contributed by atoms with Crippen LogP contribution >= 0.6 is 0 Å². The average molecular weight is 498 g/mol. The number of pyridine rings is 1. The zero-order valence-corrected chi connectivity index (χ0v) is 21.0. The van der Waals surface area contributed by atoms with Crippen molar-refractivity contribution in [2.45, 2.75) is 57.3 Å². The van der Waals surface area contributed by atoms with E-state index in [9.17, 15) is 14.7 Å². The quantitative estimate of drug-likeness (QED) is 0.509. The van der Waals surface area contributed by atoms with E-state index in [1.807, 2.05) is 11.0 Å². The second kappa shape index (κ2) is 12.0. The van der Waals surface area contributed by atoms with E-state index >= 15 is 0 Å². The van der Waals surface area contributed by atoms with Crippen LogP contribution in [0.25, 0.3) is 0 Å².